The molecule has 0 saturated heterocycles. The monoisotopic (exact) mass is 400 g/mol. The van der Waals surface area contributed by atoms with Crippen LogP contribution >= 0.6 is 0 Å². The van der Waals surface area contributed by atoms with Crippen molar-refractivity contribution in [1.82, 2.24) is 15.2 Å². The average Bonchev–Trinajstić information content (AvgIpc) is 2.72. The van der Waals surface area contributed by atoms with Crippen LogP contribution in [0.4, 0.5) is 10.5 Å². The number of nitrogens with zero attached hydrogens (tertiary/aromatic N) is 3. The van der Waals surface area contributed by atoms with Gasteiger partial charge in [-0.3, -0.25) is 15.1 Å². The van der Waals surface area contributed by atoms with Crippen LogP contribution in [0.1, 0.15) is 26.0 Å². The largest absolute Gasteiger partial charge is 0.425 e. The second-order valence-electron chi connectivity index (χ2n) is 6.66. The highest BCUT2D eigenvalue weighted by Crippen LogP contribution is 2.19. The minimum Gasteiger partial charge on any atom is -0.425 e. The fraction of sp³-hybridized carbons (Fsp3) is 0.350. The van der Waals surface area contributed by atoms with Gasteiger partial charge in [0.1, 0.15) is 11.8 Å². The summed E-state index contributed by atoms with van der Waals surface area (Å²) in [6.07, 6.45) is 2.29. The molecule has 2 rings (SSSR count). The summed E-state index contributed by atoms with van der Waals surface area (Å²) in [6, 6.07) is 9.32. The van der Waals surface area contributed by atoms with E-state index in [1.165, 1.54) is 29.2 Å². The first-order chi connectivity index (χ1) is 13.8. The summed E-state index contributed by atoms with van der Waals surface area (Å²) in [6.45, 7) is 4.03. The zero-order chi connectivity index (χ0) is 21.4. The summed E-state index contributed by atoms with van der Waals surface area (Å²) < 4.78 is 5.33. The van der Waals surface area contributed by atoms with E-state index < -0.39 is 23.0 Å². The molecule has 9 heteroatoms. The van der Waals surface area contributed by atoms with E-state index in [1.54, 1.807) is 25.4 Å². The second-order valence-corrected chi connectivity index (χ2v) is 6.66. The van der Waals surface area contributed by atoms with Crippen molar-refractivity contribution in [2.45, 2.75) is 32.9 Å². The van der Waals surface area contributed by atoms with Gasteiger partial charge in [-0.15, -0.1) is 0 Å². The lowest BCUT2D eigenvalue weighted by atomic mass is 9.99. The number of ether oxygens (including phenoxy) is 1. The Labute approximate surface area is 168 Å². The van der Waals surface area contributed by atoms with E-state index in [2.05, 4.69) is 10.3 Å². The quantitative estimate of drug-likeness (QED) is 0.315. The molecule has 2 atom stereocenters. The lowest BCUT2D eigenvalue weighted by Gasteiger charge is -2.25. The number of urea groups is 1. The molecule has 0 bridgehead atoms. The Bertz CT molecular complexity index is 842. The van der Waals surface area contributed by atoms with E-state index in [9.17, 15) is 19.7 Å². The van der Waals surface area contributed by atoms with Crippen molar-refractivity contribution in [3.8, 4) is 5.75 Å². The normalized spacial score (nSPS) is 12.5. The molecule has 0 radical (unpaired) electrons. The number of nitro groups is 1. The van der Waals surface area contributed by atoms with Gasteiger partial charge in [0.25, 0.3) is 5.69 Å². The standard InChI is InChI=1S/C20H24N4O5/c1-4-14(2)18(19(25)29-17-10-8-16(9-11-17)24(27)28)22-20(26)23(3)13-15-7-5-6-12-21-15/h5-12,14,18H,4,13H2,1-3H3,(H,22,26). The summed E-state index contributed by atoms with van der Waals surface area (Å²) in [4.78, 5) is 41.0. The summed E-state index contributed by atoms with van der Waals surface area (Å²) in [5, 5.41) is 13.4. The highest BCUT2D eigenvalue weighted by molar-refractivity contribution is 5.85. The molecule has 2 amide bonds. The first kappa shape index (κ1) is 21.8. The van der Waals surface area contributed by atoms with Gasteiger partial charge < -0.3 is 15.0 Å². The smallest absolute Gasteiger partial charge is 0.334 e. The van der Waals surface area contributed by atoms with Crippen molar-refractivity contribution in [3.63, 3.8) is 0 Å². The maximum absolute atomic E-state index is 12.6. The molecule has 0 aliphatic heterocycles. The molecule has 0 aliphatic rings. The van der Waals surface area contributed by atoms with Crippen molar-refractivity contribution in [3.05, 3.63) is 64.5 Å². The van der Waals surface area contributed by atoms with E-state index in [1.807, 2.05) is 19.9 Å². The molecule has 2 unspecified atom stereocenters. The van der Waals surface area contributed by atoms with Crippen LogP contribution < -0.4 is 10.1 Å². The SMILES string of the molecule is CCC(C)C(NC(=O)N(C)Cc1ccccn1)C(=O)Oc1ccc([N+](=O)[O-])cc1. The average molecular weight is 400 g/mol. The summed E-state index contributed by atoms with van der Waals surface area (Å²) in [7, 11) is 1.61. The first-order valence-electron chi connectivity index (χ1n) is 9.19. The number of pyridine rings is 1. The number of hydrogen-bond donors (Lipinski definition) is 1. The first-order valence-corrected chi connectivity index (χ1v) is 9.19. The number of carbonyl (C=O) groups is 2. The number of aromatic nitrogens is 1. The third kappa shape index (κ3) is 6.27. The molecule has 154 valence electrons. The molecular weight excluding hydrogens is 376 g/mol. The minimum atomic E-state index is -0.867. The Kier molecular flexibility index (Phi) is 7.64. The van der Waals surface area contributed by atoms with E-state index in [4.69, 9.17) is 4.74 Å². The van der Waals surface area contributed by atoms with Gasteiger partial charge in [0.05, 0.1) is 17.2 Å². The van der Waals surface area contributed by atoms with Crippen molar-refractivity contribution in [1.29, 1.82) is 0 Å². The highest BCUT2D eigenvalue weighted by atomic mass is 16.6. The summed E-state index contributed by atoms with van der Waals surface area (Å²) in [5.74, 6) is -0.634. The molecule has 0 fully saturated rings. The van der Waals surface area contributed by atoms with Crippen molar-refractivity contribution < 1.29 is 19.2 Å². The van der Waals surface area contributed by atoms with Gasteiger partial charge in [0.2, 0.25) is 0 Å². The Balaban J connectivity index is 2.04. The lowest BCUT2D eigenvalue weighted by molar-refractivity contribution is -0.384. The Morgan fingerprint density at radius 2 is 1.93 bits per heavy atom. The number of rotatable bonds is 8. The maximum atomic E-state index is 12.6. The third-order valence-electron chi connectivity index (χ3n) is 4.48. The molecule has 0 aliphatic carbocycles. The van der Waals surface area contributed by atoms with E-state index >= 15 is 0 Å². The molecule has 1 aromatic carbocycles. The topological polar surface area (TPSA) is 115 Å². The number of non-ortho nitro benzene ring substituents is 1. The number of carbonyl (C=O) groups excluding carboxylic acids is 2. The number of benzene rings is 1. The van der Waals surface area contributed by atoms with Crippen LogP contribution in [0.25, 0.3) is 0 Å². The molecule has 0 saturated carbocycles. The Morgan fingerprint density at radius 3 is 2.48 bits per heavy atom. The third-order valence-corrected chi connectivity index (χ3v) is 4.48. The predicted octanol–water partition coefficient (Wildman–Crippen LogP) is 3.15. The predicted molar refractivity (Wildman–Crippen MR) is 106 cm³/mol. The maximum Gasteiger partial charge on any atom is 0.334 e. The van der Waals surface area contributed by atoms with Gasteiger partial charge in [0, 0.05) is 25.4 Å². The highest BCUT2D eigenvalue weighted by Gasteiger charge is 2.29. The molecule has 1 heterocycles. The number of amides is 2. The van der Waals surface area contributed by atoms with E-state index in [-0.39, 0.29) is 23.9 Å². The number of esters is 1. The fourth-order valence-corrected chi connectivity index (χ4v) is 2.53. The van der Waals surface area contributed by atoms with E-state index in [0.717, 1.165) is 5.69 Å². The number of nitrogens with one attached hydrogen (secondary N) is 1. The molecule has 0 spiro atoms. The Hall–Kier alpha value is -3.49. The van der Waals surface area contributed by atoms with Crippen molar-refractivity contribution in [2.75, 3.05) is 7.05 Å². The van der Waals surface area contributed by atoms with Crippen LogP contribution in [0.5, 0.6) is 5.75 Å². The Morgan fingerprint density at radius 1 is 1.24 bits per heavy atom. The summed E-state index contributed by atoms with van der Waals surface area (Å²) in [5.41, 5.74) is 0.617. The van der Waals surface area contributed by atoms with Crippen LogP contribution in [0.2, 0.25) is 0 Å². The van der Waals surface area contributed by atoms with Gasteiger partial charge in [-0.25, -0.2) is 9.59 Å². The van der Waals surface area contributed by atoms with Crippen molar-refractivity contribution in [2.24, 2.45) is 5.92 Å². The molecule has 1 N–H and O–H groups in total. The van der Waals surface area contributed by atoms with Crippen LogP contribution in [-0.2, 0) is 11.3 Å². The van der Waals surface area contributed by atoms with Crippen LogP contribution in [0.3, 0.4) is 0 Å². The second kappa shape index (κ2) is 10.2. The minimum absolute atomic E-state index is 0.104. The lowest BCUT2D eigenvalue weighted by Crippen LogP contribution is -2.50. The fourth-order valence-electron chi connectivity index (χ4n) is 2.53. The zero-order valence-electron chi connectivity index (χ0n) is 16.6. The molecule has 29 heavy (non-hydrogen) atoms. The zero-order valence-corrected chi connectivity index (χ0v) is 16.6. The molecular formula is C20H24N4O5. The molecule has 1 aromatic heterocycles. The van der Waals surface area contributed by atoms with Crippen molar-refractivity contribution >= 4 is 17.7 Å². The summed E-state index contributed by atoms with van der Waals surface area (Å²) >= 11 is 0. The van der Waals surface area contributed by atoms with Gasteiger partial charge >= 0.3 is 12.0 Å². The number of nitro benzene ring substituents is 1. The molecule has 9 nitrogen and oxygen atoms in total. The van der Waals surface area contributed by atoms with Gasteiger partial charge in [-0.05, 0) is 30.2 Å². The van der Waals surface area contributed by atoms with Gasteiger partial charge in [0.15, 0.2) is 0 Å². The molecule has 2 aromatic rings. The van der Waals surface area contributed by atoms with Crippen LogP contribution in [0, 0.1) is 16.0 Å². The van der Waals surface area contributed by atoms with Gasteiger partial charge in [-0.1, -0.05) is 26.3 Å². The van der Waals surface area contributed by atoms with Crippen LogP contribution in [0.15, 0.2) is 48.7 Å². The van der Waals surface area contributed by atoms with Gasteiger partial charge in [-0.2, -0.15) is 0 Å². The van der Waals surface area contributed by atoms with E-state index in [0.29, 0.717) is 6.42 Å². The van der Waals surface area contributed by atoms with Crippen LogP contribution in [-0.4, -0.2) is 39.9 Å². The number of hydrogen-bond acceptors (Lipinski definition) is 6.